The molecule has 0 saturated carbocycles. The molecular weight excluding hydrogens is 282 g/mol. The van der Waals surface area contributed by atoms with Crippen molar-refractivity contribution in [2.24, 2.45) is 5.10 Å². The number of aliphatic hydroxyl groups is 1. The number of amides is 2. The highest BCUT2D eigenvalue weighted by Gasteiger charge is 2.35. The van der Waals surface area contributed by atoms with Crippen molar-refractivity contribution in [1.29, 1.82) is 0 Å². The van der Waals surface area contributed by atoms with E-state index in [1.807, 2.05) is 23.1 Å². The van der Waals surface area contributed by atoms with Crippen molar-refractivity contribution in [1.82, 2.24) is 20.1 Å². The SMILES string of the molecule is CN1N=C(N2CCNC(c3ccccc3)C2)C(O)N(C)C1=O. The van der Waals surface area contributed by atoms with Crippen molar-refractivity contribution in [3.05, 3.63) is 35.9 Å². The molecule has 0 spiro atoms. The molecule has 22 heavy (non-hydrogen) atoms. The van der Waals surface area contributed by atoms with E-state index in [1.54, 1.807) is 14.1 Å². The molecule has 7 nitrogen and oxygen atoms in total. The number of hydrazone groups is 1. The molecule has 1 aromatic rings. The van der Waals surface area contributed by atoms with Gasteiger partial charge in [0.25, 0.3) is 0 Å². The van der Waals surface area contributed by atoms with Gasteiger partial charge in [0, 0.05) is 39.8 Å². The number of benzene rings is 1. The van der Waals surface area contributed by atoms with E-state index in [-0.39, 0.29) is 12.1 Å². The molecule has 7 heteroatoms. The first kappa shape index (κ1) is 14.8. The van der Waals surface area contributed by atoms with E-state index in [9.17, 15) is 9.90 Å². The van der Waals surface area contributed by atoms with Crippen LogP contribution in [0.25, 0.3) is 0 Å². The van der Waals surface area contributed by atoms with Gasteiger partial charge in [-0.3, -0.25) is 4.90 Å². The summed E-state index contributed by atoms with van der Waals surface area (Å²) in [7, 11) is 3.18. The highest BCUT2D eigenvalue weighted by molar-refractivity contribution is 5.93. The van der Waals surface area contributed by atoms with Crippen molar-refractivity contribution in [2.75, 3.05) is 33.7 Å². The van der Waals surface area contributed by atoms with E-state index < -0.39 is 6.23 Å². The lowest BCUT2D eigenvalue weighted by molar-refractivity contribution is 0.0566. The first-order valence-corrected chi connectivity index (χ1v) is 7.38. The highest BCUT2D eigenvalue weighted by Crippen LogP contribution is 2.20. The molecular formula is C15H21N5O2. The number of hydrogen-bond donors (Lipinski definition) is 2. The Morgan fingerprint density at radius 2 is 2.00 bits per heavy atom. The minimum atomic E-state index is -1.00. The van der Waals surface area contributed by atoms with Crippen LogP contribution in [0.2, 0.25) is 0 Å². The van der Waals surface area contributed by atoms with Gasteiger partial charge in [0.2, 0.25) is 0 Å². The van der Waals surface area contributed by atoms with Crippen LogP contribution in [0.3, 0.4) is 0 Å². The molecule has 1 fully saturated rings. The summed E-state index contributed by atoms with van der Waals surface area (Å²) in [4.78, 5) is 15.1. The number of rotatable bonds is 1. The number of likely N-dealkylation sites (N-methyl/N-ethyl adjacent to an activating group) is 1. The van der Waals surface area contributed by atoms with Crippen LogP contribution in [0, 0.1) is 0 Å². The average Bonchev–Trinajstić information content (AvgIpc) is 2.57. The summed E-state index contributed by atoms with van der Waals surface area (Å²) < 4.78 is 0. The zero-order chi connectivity index (χ0) is 15.7. The number of carbonyl (C=O) groups excluding carboxylic acids is 1. The topological polar surface area (TPSA) is 71.4 Å². The molecule has 2 aliphatic rings. The zero-order valence-corrected chi connectivity index (χ0v) is 12.8. The van der Waals surface area contributed by atoms with E-state index in [2.05, 4.69) is 22.6 Å². The second kappa shape index (κ2) is 5.94. The molecule has 0 aliphatic carbocycles. The first-order valence-electron chi connectivity index (χ1n) is 7.38. The molecule has 2 atom stereocenters. The number of urea groups is 1. The average molecular weight is 303 g/mol. The van der Waals surface area contributed by atoms with Crippen LogP contribution in [0.1, 0.15) is 11.6 Å². The van der Waals surface area contributed by atoms with Crippen molar-refractivity contribution in [2.45, 2.75) is 12.3 Å². The lowest BCUT2D eigenvalue weighted by Gasteiger charge is -2.41. The molecule has 0 radical (unpaired) electrons. The summed E-state index contributed by atoms with van der Waals surface area (Å²) >= 11 is 0. The molecule has 0 aromatic heterocycles. The number of carbonyl (C=O) groups is 1. The van der Waals surface area contributed by atoms with Gasteiger partial charge in [-0.1, -0.05) is 30.3 Å². The van der Waals surface area contributed by atoms with Crippen LogP contribution in [0.15, 0.2) is 35.4 Å². The van der Waals surface area contributed by atoms with Gasteiger partial charge in [0.05, 0.1) is 0 Å². The summed E-state index contributed by atoms with van der Waals surface area (Å²) in [5.41, 5.74) is 1.20. The Morgan fingerprint density at radius 3 is 2.73 bits per heavy atom. The van der Waals surface area contributed by atoms with Gasteiger partial charge < -0.3 is 15.3 Å². The fourth-order valence-electron chi connectivity index (χ4n) is 2.85. The summed E-state index contributed by atoms with van der Waals surface area (Å²) in [6.07, 6.45) is -1.00. The minimum absolute atomic E-state index is 0.179. The molecule has 2 heterocycles. The Bertz CT molecular complexity index is 577. The fraction of sp³-hybridized carbons (Fsp3) is 0.467. The molecule has 2 unspecified atom stereocenters. The van der Waals surface area contributed by atoms with Gasteiger partial charge >= 0.3 is 6.03 Å². The Morgan fingerprint density at radius 1 is 1.27 bits per heavy atom. The van der Waals surface area contributed by atoms with Crippen LogP contribution in [-0.4, -0.2) is 71.7 Å². The minimum Gasteiger partial charge on any atom is -0.367 e. The Hall–Kier alpha value is -2.12. The predicted molar refractivity (Wildman–Crippen MR) is 83.1 cm³/mol. The fourth-order valence-corrected chi connectivity index (χ4v) is 2.85. The van der Waals surface area contributed by atoms with Crippen molar-refractivity contribution in [3.63, 3.8) is 0 Å². The summed E-state index contributed by atoms with van der Waals surface area (Å²) in [5, 5.41) is 19.3. The quantitative estimate of drug-likeness (QED) is 0.781. The number of hydrogen-bond acceptors (Lipinski definition) is 5. The van der Waals surface area contributed by atoms with Gasteiger partial charge in [0.1, 0.15) is 0 Å². The van der Waals surface area contributed by atoms with Gasteiger partial charge in [-0.2, -0.15) is 5.10 Å². The molecule has 1 aromatic carbocycles. The monoisotopic (exact) mass is 303 g/mol. The number of nitrogens with zero attached hydrogens (tertiary/aromatic N) is 4. The van der Waals surface area contributed by atoms with Crippen LogP contribution in [0.5, 0.6) is 0 Å². The standard InChI is InChI=1S/C15H21N5O2/c1-18-14(21)13(17-19(2)15(18)22)20-9-8-16-12(10-20)11-6-4-3-5-7-11/h3-7,12,14,16,21H,8-10H2,1-2H3. The van der Waals surface area contributed by atoms with E-state index in [1.165, 1.54) is 15.5 Å². The third-order valence-electron chi connectivity index (χ3n) is 4.13. The third kappa shape index (κ3) is 2.65. The smallest absolute Gasteiger partial charge is 0.342 e. The zero-order valence-electron chi connectivity index (χ0n) is 12.8. The number of aliphatic hydroxyl groups excluding tert-OH is 1. The molecule has 0 bridgehead atoms. The molecule has 2 N–H and O–H groups in total. The number of piperazine rings is 1. The second-order valence-electron chi connectivity index (χ2n) is 5.61. The van der Waals surface area contributed by atoms with Crippen molar-refractivity contribution in [3.8, 4) is 0 Å². The molecule has 2 amide bonds. The summed E-state index contributed by atoms with van der Waals surface area (Å²) in [6.45, 7) is 2.25. The van der Waals surface area contributed by atoms with Gasteiger partial charge in [-0.15, -0.1) is 0 Å². The molecule has 2 aliphatic heterocycles. The van der Waals surface area contributed by atoms with Crippen LogP contribution < -0.4 is 5.32 Å². The van der Waals surface area contributed by atoms with Crippen molar-refractivity contribution < 1.29 is 9.90 Å². The number of nitrogens with one attached hydrogen (secondary N) is 1. The molecule has 1 saturated heterocycles. The molecule has 3 rings (SSSR count). The maximum Gasteiger partial charge on any atom is 0.342 e. The predicted octanol–water partition coefficient (Wildman–Crippen LogP) is 0.262. The molecule has 118 valence electrons. The van der Waals surface area contributed by atoms with Crippen molar-refractivity contribution >= 4 is 11.9 Å². The Kier molecular flexibility index (Phi) is 4.00. The van der Waals surface area contributed by atoms with E-state index in [4.69, 9.17) is 0 Å². The highest BCUT2D eigenvalue weighted by atomic mass is 16.3. The van der Waals surface area contributed by atoms with Crippen LogP contribution in [-0.2, 0) is 0 Å². The summed E-state index contributed by atoms with van der Waals surface area (Å²) in [5.74, 6) is 0.520. The lowest BCUT2D eigenvalue weighted by Crippen LogP contribution is -2.59. The van der Waals surface area contributed by atoms with Gasteiger partial charge in [0.15, 0.2) is 12.1 Å². The van der Waals surface area contributed by atoms with E-state index in [0.29, 0.717) is 12.4 Å². The summed E-state index contributed by atoms with van der Waals surface area (Å²) in [6, 6.07) is 10.1. The second-order valence-corrected chi connectivity index (χ2v) is 5.61. The van der Waals surface area contributed by atoms with E-state index in [0.717, 1.165) is 13.1 Å². The largest absolute Gasteiger partial charge is 0.367 e. The first-order chi connectivity index (χ1) is 10.6. The maximum absolute atomic E-state index is 11.8. The lowest BCUT2D eigenvalue weighted by atomic mass is 10.0. The van der Waals surface area contributed by atoms with Gasteiger partial charge in [-0.25, -0.2) is 9.80 Å². The van der Waals surface area contributed by atoms with Crippen LogP contribution >= 0.6 is 0 Å². The van der Waals surface area contributed by atoms with Crippen LogP contribution in [0.4, 0.5) is 4.79 Å². The van der Waals surface area contributed by atoms with Gasteiger partial charge in [-0.05, 0) is 5.56 Å². The maximum atomic E-state index is 11.8. The number of amidine groups is 1. The normalized spacial score (nSPS) is 26.2. The Balaban J connectivity index is 1.80. The third-order valence-corrected chi connectivity index (χ3v) is 4.13. The van der Waals surface area contributed by atoms with E-state index >= 15 is 0 Å². The Labute approximate surface area is 129 Å².